The second-order valence-electron chi connectivity index (χ2n) is 7.82. The smallest absolute Gasteiger partial charge is 0.323 e. The van der Waals surface area contributed by atoms with E-state index in [-0.39, 0.29) is 29.9 Å². The average Bonchev–Trinajstić information content (AvgIpc) is 3.11. The van der Waals surface area contributed by atoms with E-state index in [0.717, 1.165) is 37.0 Å². The van der Waals surface area contributed by atoms with Gasteiger partial charge in [-0.05, 0) is 43.9 Å². The van der Waals surface area contributed by atoms with Crippen LogP contribution in [0.2, 0.25) is 0 Å². The zero-order valence-corrected chi connectivity index (χ0v) is 17.0. The van der Waals surface area contributed by atoms with Crippen LogP contribution in [0.5, 0.6) is 5.75 Å². The molecule has 6 nitrogen and oxygen atoms in total. The Bertz CT molecular complexity index is 655. The molecule has 1 N–H and O–H groups in total. The molecule has 0 spiro atoms. The Labute approximate surface area is 167 Å². The van der Waals surface area contributed by atoms with Gasteiger partial charge in [0.1, 0.15) is 11.8 Å². The minimum absolute atomic E-state index is 0.0128. The number of nitrogens with one attached hydrogen (secondary N) is 1. The molecule has 1 aliphatic heterocycles. The van der Waals surface area contributed by atoms with Crippen molar-refractivity contribution >= 4 is 11.9 Å². The third-order valence-electron chi connectivity index (χ3n) is 5.82. The first-order valence-corrected chi connectivity index (χ1v) is 10.4. The van der Waals surface area contributed by atoms with Crippen molar-refractivity contribution in [2.45, 2.75) is 64.1 Å². The van der Waals surface area contributed by atoms with Gasteiger partial charge in [0.25, 0.3) is 0 Å². The minimum atomic E-state index is -0.326. The van der Waals surface area contributed by atoms with Crippen LogP contribution in [-0.2, 0) is 20.9 Å². The van der Waals surface area contributed by atoms with Crippen LogP contribution in [0.1, 0.15) is 51.0 Å². The summed E-state index contributed by atoms with van der Waals surface area (Å²) in [4.78, 5) is 27.0. The van der Waals surface area contributed by atoms with Crippen LogP contribution >= 0.6 is 0 Å². The van der Waals surface area contributed by atoms with E-state index in [1.165, 1.54) is 13.5 Å². The maximum atomic E-state index is 12.6. The average molecular weight is 389 g/mol. The van der Waals surface area contributed by atoms with Crippen molar-refractivity contribution in [1.29, 1.82) is 0 Å². The van der Waals surface area contributed by atoms with Crippen LogP contribution in [0.25, 0.3) is 0 Å². The fourth-order valence-corrected chi connectivity index (χ4v) is 4.34. The van der Waals surface area contributed by atoms with Gasteiger partial charge in [-0.15, -0.1) is 0 Å². The lowest BCUT2D eigenvalue weighted by Crippen LogP contribution is -2.41. The van der Waals surface area contributed by atoms with Gasteiger partial charge in [-0.3, -0.25) is 14.5 Å². The Kier molecular flexibility index (Phi) is 7.31. The van der Waals surface area contributed by atoms with Crippen molar-refractivity contribution in [3.05, 3.63) is 29.8 Å². The van der Waals surface area contributed by atoms with Gasteiger partial charge in [0.05, 0.1) is 13.7 Å². The predicted octanol–water partition coefficient (Wildman–Crippen LogP) is 2.90. The fraction of sp³-hybridized carbons (Fsp3) is 0.636. The second-order valence-corrected chi connectivity index (χ2v) is 7.82. The molecular weight excluding hydrogens is 356 g/mol. The Morgan fingerprint density at radius 2 is 1.86 bits per heavy atom. The molecule has 1 aromatic rings. The van der Waals surface area contributed by atoms with E-state index < -0.39 is 0 Å². The molecule has 154 valence electrons. The molecule has 2 aliphatic rings. The number of amides is 1. The normalized spacial score (nSPS) is 23.4. The molecule has 2 atom stereocenters. The molecule has 3 rings (SSSR count). The topological polar surface area (TPSA) is 67.9 Å². The highest BCUT2D eigenvalue weighted by molar-refractivity contribution is 5.80. The quantitative estimate of drug-likeness (QED) is 0.728. The van der Waals surface area contributed by atoms with E-state index in [9.17, 15) is 9.59 Å². The molecule has 1 saturated carbocycles. The predicted molar refractivity (Wildman–Crippen MR) is 107 cm³/mol. The Balaban J connectivity index is 1.61. The van der Waals surface area contributed by atoms with Crippen LogP contribution in [-0.4, -0.2) is 49.1 Å². The van der Waals surface area contributed by atoms with Crippen molar-refractivity contribution in [3.63, 3.8) is 0 Å². The van der Waals surface area contributed by atoms with Gasteiger partial charge in [0.2, 0.25) is 5.91 Å². The lowest BCUT2D eigenvalue weighted by Gasteiger charge is -2.23. The molecule has 2 fully saturated rings. The molecule has 1 aromatic carbocycles. The summed E-state index contributed by atoms with van der Waals surface area (Å²) in [5.41, 5.74) is 1.11. The number of hydrogen-bond donors (Lipinski definition) is 1. The van der Waals surface area contributed by atoms with E-state index >= 15 is 0 Å². The number of carbonyl (C=O) groups is 2. The van der Waals surface area contributed by atoms with Crippen molar-refractivity contribution < 1.29 is 19.1 Å². The first-order valence-electron chi connectivity index (χ1n) is 10.4. The molecule has 0 unspecified atom stereocenters. The molecule has 0 aromatic heterocycles. The zero-order chi connectivity index (χ0) is 19.9. The number of methoxy groups -OCH3 is 1. The lowest BCUT2D eigenvalue weighted by atomic mass is 9.88. The maximum Gasteiger partial charge on any atom is 0.323 e. The molecule has 0 bridgehead atoms. The summed E-state index contributed by atoms with van der Waals surface area (Å²) in [6.45, 7) is 3.90. The number of nitrogens with zero attached hydrogens (tertiary/aromatic N) is 1. The monoisotopic (exact) mass is 388 g/mol. The molecular formula is C22H32N2O4. The van der Waals surface area contributed by atoms with Crippen molar-refractivity contribution in [3.8, 4) is 5.75 Å². The van der Waals surface area contributed by atoms with Crippen LogP contribution < -0.4 is 10.1 Å². The number of likely N-dealkylation sites (tertiary alicyclic amines) is 1. The number of benzene rings is 1. The zero-order valence-electron chi connectivity index (χ0n) is 17.0. The molecule has 28 heavy (non-hydrogen) atoms. The van der Waals surface area contributed by atoms with Crippen LogP contribution in [0.3, 0.4) is 0 Å². The summed E-state index contributed by atoms with van der Waals surface area (Å²) in [5.74, 6) is 0.886. The highest BCUT2D eigenvalue weighted by Crippen LogP contribution is 2.26. The first kappa shape index (κ1) is 20.6. The molecule has 1 heterocycles. The number of carbonyl (C=O) groups excluding carboxylic acids is 2. The Hall–Kier alpha value is -2.08. The van der Waals surface area contributed by atoms with Gasteiger partial charge in [-0.25, -0.2) is 0 Å². The minimum Gasteiger partial charge on any atom is -0.494 e. The van der Waals surface area contributed by atoms with E-state index in [2.05, 4.69) is 10.2 Å². The van der Waals surface area contributed by atoms with E-state index in [1.807, 2.05) is 31.2 Å². The summed E-state index contributed by atoms with van der Waals surface area (Å²) >= 11 is 0. The van der Waals surface area contributed by atoms with Crippen molar-refractivity contribution in [1.82, 2.24) is 10.2 Å². The largest absolute Gasteiger partial charge is 0.494 e. The summed E-state index contributed by atoms with van der Waals surface area (Å²) in [7, 11) is 1.42. The third kappa shape index (κ3) is 5.25. The highest BCUT2D eigenvalue weighted by Gasteiger charge is 2.38. The second kappa shape index (κ2) is 9.92. The van der Waals surface area contributed by atoms with Gasteiger partial charge in [-0.1, -0.05) is 31.4 Å². The first-order chi connectivity index (χ1) is 13.6. The van der Waals surface area contributed by atoms with Gasteiger partial charge < -0.3 is 14.8 Å². The molecule has 1 amide bonds. The van der Waals surface area contributed by atoms with Gasteiger partial charge in [0.15, 0.2) is 0 Å². The standard InChI is InChI=1S/C22H32N2O4/c1-3-28-19-11-9-16(10-12-19)14-24-15-18(13-20(24)22(26)27-2)23-21(25)17-7-5-4-6-8-17/h9-12,17-18,20H,3-8,13-15H2,1-2H3,(H,23,25)/t18-,20-/m0/s1. The Morgan fingerprint density at radius 3 is 2.50 bits per heavy atom. The van der Waals surface area contributed by atoms with Crippen LogP contribution in [0.15, 0.2) is 24.3 Å². The van der Waals surface area contributed by atoms with Crippen LogP contribution in [0.4, 0.5) is 0 Å². The SMILES string of the molecule is CCOc1ccc(CN2C[C@@H](NC(=O)C3CCCCC3)C[C@H]2C(=O)OC)cc1. The Morgan fingerprint density at radius 1 is 1.14 bits per heavy atom. The molecule has 0 radical (unpaired) electrons. The lowest BCUT2D eigenvalue weighted by molar-refractivity contribution is -0.146. The number of ether oxygens (including phenoxy) is 2. The van der Waals surface area contributed by atoms with E-state index in [0.29, 0.717) is 26.1 Å². The fourth-order valence-electron chi connectivity index (χ4n) is 4.34. The summed E-state index contributed by atoms with van der Waals surface area (Å²) in [5, 5.41) is 3.19. The number of rotatable bonds is 7. The maximum absolute atomic E-state index is 12.6. The molecule has 1 saturated heterocycles. The molecule has 6 heteroatoms. The number of esters is 1. The van der Waals surface area contributed by atoms with Gasteiger partial charge in [0, 0.05) is 25.0 Å². The summed E-state index contributed by atoms with van der Waals surface area (Å²) in [6, 6.07) is 7.60. The molecule has 1 aliphatic carbocycles. The van der Waals surface area contributed by atoms with E-state index in [1.54, 1.807) is 0 Å². The van der Waals surface area contributed by atoms with Crippen molar-refractivity contribution in [2.75, 3.05) is 20.3 Å². The van der Waals surface area contributed by atoms with Gasteiger partial charge in [-0.2, -0.15) is 0 Å². The van der Waals surface area contributed by atoms with Crippen molar-refractivity contribution in [2.24, 2.45) is 5.92 Å². The summed E-state index contributed by atoms with van der Waals surface area (Å²) < 4.78 is 10.5. The van der Waals surface area contributed by atoms with Gasteiger partial charge >= 0.3 is 5.97 Å². The van der Waals surface area contributed by atoms with E-state index in [4.69, 9.17) is 9.47 Å². The highest BCUT2D eigenvalue weighted by atomic mass is 16.5. The summed E-state index contributed by atoms with van der Waals surface area (Å²) in [6.07, 6.45) is 6.06. The van der Waals surface area contributed by atoms with Crippen LogP contribution in [0, 0.1) is 5.92 Å². The number of hydrogen-bond acceptors (Lipinski definition) is 5. The third-order valence-corrected chi connectivity index (χ3v) is 5.82.